The largest absolute Gasteiger partial charge is 0.394 e. The number of aliphatic hydroxyl groups is 5. The van der Waals surface area contributed by atoms with Crippen molar-refractivity contribution in [1.82, 2.24) is 0 Å². The van der Waals surface area contributed by atoms with Crippen molar-refractivity contribution in [2.45, 2.75) is 87.9 Å². The summed E-state index contributed by atoms with van der Waals surface area (Å²) >= 11 is 0. The summed E-state index contributed by atoms with van der Waals surface area (Å²) in [6, 6.07) is 0. The quantitative estimate of drug-likeness (QED) is 0.368. The second-order valence-corrected chi connectivity index (χ2v) is 7.38. The average molecular weight is 378 g/mol. The van der Waals surface area contributed by atoms with Crippen LogP contribution < -0.4 is 0 Å². The van der Waals surface area contributed by atoms with E-state index in [9.17, 15) is 25.5 Å². The fraction of sp³-hybridized carbons (Fsp3) is 1.00. The van der Waals surface area contributed by atoms with Crippen LogP contribution in [-0.4, -0.2) is 94.1 Å². The van der Waals surface area contributed by atoms with E-state index < -0.39 is 61.2 Å². The molecule has 6 fully saturated rings. The first-order chi connectivity index (χ1) is 12.4. The third kappa shape index (κ3) is 4.06. The predicted octanol–water partition coefficient (Wildman–Crippen LogP) is -1.52. The molecule has 9 heteroatoms. The van der Waals surface area contributed by atoms with Gasteiger partial charge in [-0.2, -0.15) is 0 Å². The summed E-state index contributed by atoms with van der Waals surface area (Å²) in [6.45, 7) is 1.71. The summed E-state index contributed by atoms with van der Waals surface area (Å²) < 4.78 is 22.5. The van der Waals surface area contributed by atoms with Crippen molar-refractivity contribution in [1.29, 1.82) is 0 Å². The van der Waals surface area contributed by atoms with Crippen LogP contribution in [0.25, 0.3) is 0 Å². The number of ether oxygens (including phenoxy) is 4. The zero-order chi connectivity index (χ0) is 18.8. The van der Waals surface area contributed by atoms with E-state index in [1.165, 1.54) is 0 Å². The summed E-state index contributed by atoms with van der Waals surface area (Å²) in [6.07, 6.45) is -6.73. The standard InChI is InChI=1S/C17H30O9/c1-8-15-12(20)14(22)16(24-8)23-6-4-2-3-5-9-10(7-18)25-17(26-15)13(21)11(9)19/h8-22H,2-7H2,1H3/t8?,9?,10?,11-,12+,13+,14+,15?,16+,17-/m1/s1. The Balaban J connectivity index is 1.83. The van der Waals surface area contributed by atoms with E-state index in [1.807, 2.05) is 0 Å². The number of hydrogen-bond donors (Lipinski definition) is 5. The molecule has 5 N–H and O–H groups in total. The number of hydrogen-bond acceptors (Lipinski definition) is 9. The van der Waals surface area contributed by atoms with Crippen LogP contribution in [0.15, 0.2) is 0 Å². The van der Waals surface area contributed by atoms with Crippen LogP contribution in [0.1, 0.15) is 32.6 Å². The minimum Gasteiger partial charge on any atom is -0.394 e. The lowest BCUT2D eigenvalue weighted by molar-refractivity contribution is -0.351. The monoisotopic (exact) mass is 378 g/mol. The zero-order valence-electron chi connectivity index (χ0n) is 14.9. The average Bonchev–Trinajstić information content (AvgIpc) is 2.63. The van der Waals surface area contributed by atoms with E-state index in [1.54, 1.807) is 6.92 Å². The molecule has 152 valence electrons. The highest BCUT2D eigenvalue weighted by molar-refractivity contribution is 4.93. The number of aliphatic hydroxyl groups excluding tert-OH is 5. The molecule has 0 aliphatic carbocycles. The van der Waals surface area contributed by atoms with Crippen molar-refractivity contribution < 1.29 is 44.5 Å². The Morgan fingerprint density at radius 1 is 0.808 bits per heavy atom. The van der Waals surface area contributed by atoms with Gasteiger partial charge in [-0.3, -0.25) is 0 Å². The van der Waals surface area contributed by atoms with E-state index in [4.69, 9.17) is 18.9 Å². The highest BCUT2D eigenvalue weighted by Crippen LogP contribution is 2.34. The lowest BCUT2D eigenvalue weighted by atomic mass is 9.85. The molecular weight excluding hydrogens is 348 g/mol. The first-order valence-electron chi connectivity index (χ1n) is 9.35. The SMILES string of the molecule is CC1O[C@@H]2OCCCCCC3C(CO)O[C@H](OC1[C@@H](O)[C@@H]2O)[C@@H](O)[C@@H]3O. The van der Waals surface area contributed by atoms with Crippen LogP contribution in [0.2, 0.25) is 0 Å². The molecule has 0 aromatic carbocycles. The van der Waals surface area contributed by atoms with Crippen molar-refractivity contribution in [3.8, 4) is 0 Å². The lowest BCUT2D eigenvalue weighted by Gasteiger charge is -2.46. The molecule has 6 heterocycles. The van der Waals surface area contributed by atoms with E-state index in [-0.39, 0.29) is 6.61 Å². The molecule has 6 aliphatic rings. The van der Waals surface area contributed by atoms with Crippen molar-refractivity contribution in [2.75, 3.05) is 13.2 Å². The highest BCUT2D eigenvalue weighted by Gasteiger charge is 2.49. The molecule has 26 heavy (non-hydrogen) atoms. The van der Waals surface area contributed by atoms with Crippen LogP contribution in [0, 0.1) is 5.92 Å². The minimum atomic E-state index is -1.33. The molecule has 4 unspecified atom stereocenters. The fourth-order valence-corrected chi connectivity index (χ4v) is 3.98. The molecule has 6 aliphatic heterocycles. The van der Waals surface area contributed by atoms with Gasteiger partial charge in [-0.25, -0.2) is 0 Å². The maximum absolute atomic E-state index is 10.5. The van der Waals surface area contributed by atoms with Gasteiger partial charge in [0, 0.05) is 12.5 Å². The third-order valence-corrected chi connectivity index (χ3v) is 5.57. The maximum Gasteiger partial charge on any atom is 0.187 e. The van der Waals surface area contributed by atoms with Gasteiger partial charge in [0.25, 0.3) is 0 Å². The first kappa shape index (κ1) is 20.4. The van der Waals surface area contributed by atoms with Crippen molar-refractivity contribution in [3.63, 3.8) is 0 Å². The molecule has 4 bridgehead atoms. The van der Waals surface area contributed by atoms with E-state index >= 15 is 0 Å². The molecule has 0 amide bonds. The van der Waals surface area contributed by atoms with Gasteiger partial charge in [-0.15, -0.1) is 0 Å². The third-order valence-electron chi connectivity index (χ3n) is 5.57. The van der Waals surface area contributed by atoms with E-state index in [0.717, 1.165) is 19.3 Å². The van der Waals surface area contributed by atoms with Crippen molar-refractivity contribution >= 4 is 0 Å². The summed E-state index contributed by atoms with van der Waals surface area (Å²) in [5, 5.41) is 51.2. The van der Waals surface area contributed by atoms with Crippen LogP contribution >= 0.6 is 0 Å². The Morgan fingerprint density at radius 3 is 2.27 bits per heavy atom. The fourth-order valence-electron chi connectivity index (χ4n) is 3.98. The topological polar surface area (TPSA) is 138 Å². The summed E-state index contributed by atoms with van der Waals surface area (Å²) in [4.78, 5) is 0. The Hall–Kier alpha value is -0.360. The molecule has 6 rings (SSSR count). The predicted molar refractivity (Wildman–Crippen MR) is 86.9 cm³/mol. The molecule has 0 aromatic heterocycles. The number of rotatable bonds is 1. The smallest absolute Gasteiger partial charge is 0.187 e. The zero-order valence-corrected chi connectivity index (χ0v) is 14.9. The molecule has 10 atom stereocenters. The van der Waals surface area contributed by atoms with Crippen LogP contribution in [-0.2, 0) is 18.9 Å². The minimum absolute atomic E-state index is 0.318. The maximum atomic E-state index is 10.5. The Bertz CT molecular complexity index is 448. The van der Waals surface area contributed by atoms with Crippen LogP contribution in [0.4, 0.5) is 0 Å². The molecule has 0 aromatic rings. The highest BCUT2D eigenvalue weighted by atomic mass is 16.7. The first-order valence-corrected chi connectivity index (χ1v) is 9.35. The van der Waals surface area contributed by atoms with Crippen LogP contribution in [0.5, 0.6) is 0 Å². The Kier molecular flexibility index (Phi) is 6.87. The summed E-state index contributed by atoms with van der Waals surface area (Å²) in [7, 11) is 0. The van der Waals surface area contributed by atoms with Gasteiger partial charge in [0.05, 0.1) is 24.9 Å². The molecule has 0 saturated carbocycles. The normalized spacial score (nSPS) is 51.0. The van der Waals surface area contributed by atoms with Gasteiger partial charge in [0.2, 0.25) is 0 Å². The Labute approximate surface area is 152 Å². The molecule has 0 spiro atoms. The van der Waals surface area contributed by atoms with E-state index in [0.29, 0.717) is 13.0 Å². The van der Waals surface area contributed by atoms with Crippen molar-refractivity contribution in [2.24, 2.45) is 5.92 Å². The summed E-state index contributed by atoms with van der Waals surface area (Å²) in [5.41, 5.74) is 0. The molecule has 6 saturated heterocycles. The van der Waals surface area contributed by atoms with Gasteiger partial charge in [-0.1, -0.05) is 12.8 Å². The molecular formula is C17H30O9. The Morgan fingerprint density at radius 2 is 1.54 bits per heavy atom. The van der Waals surface area contributed by atoms with Gasteiger partial charge in [0.15, 0.2) is 12.6 Å². The van der Waals surface area contributed by atoms with Gasteiger partial charge in [0.1, 0.15) is 24.4 Å². The lowest BCUT2D eigenvalue weighted by Crippen LogP contribution is -2.62. The molecule has 0 radical (unpaired) electrons. The van der Waals surface area contributed by atoms with E-state index in [2.05, 4.69) is 0 Å². The summed E-state index contributed by atoms with van der Waals surface area (Å²) in [5.74, 6) is -0.415. The van der Waals surface area contributed by atoms with Gasteiger partial charge < -0.3 is 44.5 Å². The molecule has 9 nitrogen and oxygen atoms in total. The van der Waals surface area contributed by atoms with Crippen LogP contribution in [0.3, 0.4) is 0 Å². The second-order valence-electron chi connectivity index (χ2n) is 7.38. The van der Waals surface area contributed by atoms with Gasteiger partial charge >= 0.3 is 0 Å². The van der Waals surface area contributed by atoms with Crippen molar-refractivity contribution in [3.05, 3.63) is 0 Å². The second kappa shape index (κ2) is 8.76. The van der Waals surface area contributed by atoms with Gasteiger partial charge in [-0.05, 0) is 19.8 Å².